The highest BCUT2D eigenvalue weighted by molar-refractivity contribution is 5.67. The SMILES string of the molecule is CCCCCCCCC(O)C=CC=C[C@H]1CCCC[C@H]1C(CCCC(=O)O)OC(C)=O. The zero-order valence-corrected chi connectivity index (χ0v) is 19.6. The van der Waals surface area contributed by atoms with E-state index < -0.39 is 12.1 Å². The predicted molar refractivity (Wildman–Crippen MR) is 125 cm³/mol. The van der Waals surface area contributed by atoms with Crippen molar-refractivity contribution < 1.29 is 24.5 Å². The lowest BCUT2D eigenvalue weighted by Crippen LogP contribution is -2.33. The standard InChI is InChI=1S/C26H44O5/c1-3-4-5-6-7-8-16-23(28)17-11-9-14-22-15-10-12-18-24(22)25(31-21(2)27)19-13-20-26(29)30/h9,11,14,17,22-25,28H,3-8,10,12-13,15-16,18-20H2,1-2H3,(H,29,30)/t22-,23?,24+,25?/m0/s1. The van der Waals surface area contributed by atoms with Gasteiger partial charge in [0, 0.05) is 19.3 Å². The molecule has 0 aromatic heterocycles. The lowest BCUT2D eigenvalue weighted by atomic mass is 9.75. The molecule has 0 bridgehead atoms. The molecule has 2 N–H and O–H groups in total. The number of aliphatic hydroxyl groups is 1. The number of unbranched alkanes of at least 4 members (excludes halogenated alkanes) is 5. The lowest BCUT2D eigenvalue weighted by molar-refractivity contribution is -0.151. The minimum absolute atomic E-state index is 0.101. The summed E-state index contributed by atoms with van der Waals surface area (Å²) in [4.78, 5) is 22.5. The van der Waals surface area contributed by atoms with Crippen molar-refractivity contribution in [3.8, 4) is 0 Å². The quantitative estimate of drug-likeness (QED) is 0.171. The summed E-state index contributed by atoms with van der Waals surface area (Å²) in [6.07, 6.45) is 21.0. The summed E-state index contributed by atoms with van der Waals surface area (Å²) in [5.74, 6) is -0.579. The highest BCUT2D eigenvalue weighted by Crippen LogP contribution is 2.36. The van der Waals surface area contributed by atoms with E-state index >= 15 is 0 Å². The molecule has 4 atom stereocenters. The maximum absolute atomic E-state index is 11.6. The van der Waals surface area contributed by atoms with Crippen LogP contribution in [-0.4, -0.2) is 34.4 Å². The summed E-state index contributed by atoms with van der Waals surface area (Å²) < 4.78 is 5.60. The number of rotatable bonds is 16. The Hall–Kier alpha value is -1.62. The second-order valence-corrected chi connectivity index (χ2v) is 8.94. The van der Waals surface area contributed by atoms with Gasteiger partial charge in [0.2, 0.25) is 0 Å². The number of esters is 1. The lowest BCUT2D eigenvalue weighted by Gasteiger charge is -2.35. The van der Waals surface area contributed by atoms with E-state index in [2.05, 4.69) is 13.0 Å². The molecular formula is C26H44O5. The number of hydrogen-bond donors (Lipinski definition) is 2. The predicted octanol–water partition coefficient (Wildman–Crippen LogP) is 6.20. The van der Waals surface area contributed by atoms with E-state index in [9.17, 15) is 14.7 Å². The fourth-order valence-corrected chi connectivity index (χ4v) is 4.55. The fourth-order valence-electron chi connectivity index (χ4n) is 4.55. The van der Waals surface area contributed by atoms with E-state index in [1.165, 1.54) is 39.0 Å². The minimum atomic E-state index is -0.814. The van der Waals surface area contributed by atoms with Crippen LogP contribution in [0.5, 0.6) is 0 Å². The molecule has 1 aliphatic rings. The van der Waals surface area contributed by atoms with Crippen LogP contribution in [0.2, 0.25) is 0 Å². The number of carboxylic acid groups (broad SMARTS) is 1. The fraction of sp³-hybridized carbons (Fsp3) is 0.769. The Balaban J connectivity index is 2.52. The zero-order chi connectivity index (χ0) is 22.9. The van der Waals surface area contributed by atoms with Crippen molar-refractivity contribution >= 4 is 11.9 Å². The second kappa shape index (κ2) is 17.0. The number of carbonyl (C=O) groups excluding carboxylic acids is 1. The average molecular weight is 437 g/mol. The third-order valence-electron chi connectivity index (χ3n) is 6.21. The van der Waals surface area contributed by atoms with Gasteiger partial charge in [0.25, 0.3) is 0 Å². The zero-order valence-electron chi connectivity index (χ0n) is 19.6. The van der Waals surface area contributed by atoms with Crippen LogP contribution in [0.1, 0.15) is 104 Å². The largest absolute Gasteiger partial charge is 0.481 e. The van der Waals surface area contributed by atoms with Gasteiger partial charge in [-0.2, -0.15) is 0 Å². The first-order valence-electron chi connectivity index (χ1n) is 12.4. The topological polar surface area (TPSA) is 83.8 Å². The Morgan fingerprint density at radius 3 is 2.42 bits per heavy atom. The van der Waals surface area contributed by atoms with Crippen molar-refractivity contribution in [2.45, 2.75) is 116 Å². The minimum Gasteiger partial charge on any atom is -0.481 e. The number of carbonyl (C=O) groups is 2. The van der Waals surface area contributed by atoms with E-state index in [0.29, 0.717) is 18.8 Å². The highest BCUT2D eigenvalue weighted by atomic mass is 16.5. The van der Waals surface area contributed by atoms with Crippen molar-refractivity contribution in [3.05, 3.63) is 24.3 Å². The molecule has 5 nitrogen and oxygen atoms in total. The summed E-state index contributed by atoms with van der Waals surface area (Å²) in [5, 5.41) is 19.1. The van der Waals surface area contributed by atoms with E-state index in [1.54, 1.807) is 0 Å². The smallest absolute Gasteiger partial charge is 0.303 e. The van der Waals surface area contributed by atoms with Crippen LogP contribution >= 0.6 is 0 Å². The summed E-state index contributed by atoms with van der Waals surface area (Å²) in [6, 6.07) is 0. The molecule has 0 saturated heterocycles. The van der Waals surface area contributed by atoms with E-state index in [1.807, 2.05) is 18.2 Å². The van der Waals surface area contributed by atoms with Crippen molar-refractivity contribution in [1.29, 1.82) is 0 Å². The van der Waals surface area contributed by atoms with Gasteiger partial charge in [-0.15, -0.1) is 0 Å². The summed E-state index contributed by atoms with van der Waals surface area (Å²) in [7, 11) is 0. The van der Waals surface area contributed by atoms with Crippen LogP contribution in [0.25, 0.3) is 0 Å². The van der Waals surface area contributed by atoms with Crippen molar-refractivity contribution in [1.82, 2.24) is 0 Å². The normalized spacial score (nSPS) is 21.4. The molecule has 1 fully saturated rings. The number of allylic oxidation sites excluding steroid dienone is 3. The molecule has 5 heteroatoms. The van der Waals surface area contributed by atoms with Gasteiger partial charge in [0.05, 0.1) is 6.10 Å². The van der Waals surface area contributed by atoms with Crippen LogP contribution in [-0.2, 0) is 14.3 Å². The van der Waals surface area contributed by atoms with Crippen LogP contribution in [0, 0.1) is 11.8 Å². The molecule has 0 aromatic carbocycles. The molecule has 0 radical (unpaired) electrons. The Kier molecular flexibility index (Phi) is 15.0. The third-order valence-corrected chi connectivity index (χ3v) is 6.21. The number of aliphatic hydroxyl groups excluding tert-OH is 1. The molecule has 2 unspecified atom stereocenters. The molecule has 0 amide bonds. The molecule has 1 rings (SSSR count). The molecule has 0 heterocycles. The molecule has 1 aliphatic carbocycles. The van der Waals surface area contributed by atoms with Crippen LogP contribution < -0.4 is 0 Å². The summed E-state index contributed by atoms with van der Waals surface area (Å²) in [6.45, 7) is 3.64. The Labute approximate surface area is 189 Å². The van der Waals surface area contributed by atoms with Crippen LogP contribution in [0.4, 0.5) is 0 Å². The van der Waals surface area contributed by atoms with Gasteiger partial charge in [0.1, 0.15) is 6.10 Å². The monoisotopic (exact) mass is 436 g/mol. The van der Waals surface area contributed by atoms with Gasteiger partial charge in [-0.25, -0.2) is 0 Å². The number of hydrogen-bond acceptors (Lipinski definition) is 4. The Bertz CT molecular complexity index is 554. The van der Waals surface area contributed by atoms with E-state index in [-0.39, 0.29) is 24.4 Å². The van der Waals surface area contributed by atoms with Crippen LogP contribution in [0.3, 0.4) is 0 Å². The van der Waals surface area contributed by atoms with Gasteiger partial charge in [-0.3, -0.25) is 9.59 Å². The Morgan fingerprint density at radius 1 is 1.00 bits per heavy atom. The van der Waals surface area contributed by atoms with Gasteiger partial charge < -0.3 is 14.9 Å². The maximum atomic E-state index is 11.6. The van der Waals surface area contributed by atoms with Gasteiger partial charge >= 0.3 is 11.9 Å². The van der Waals surface area contributed by atoms with Crippen molar-refractivity contribution in [2.24, 2.45) is 11.8 Å². The first-order valence-corrected chi connectivity index (χ1v) is 12.4. The maximum Gasteiger partial charge on any atom is 0.303 e. The van der Waals surface area contributed by atoms with Crippen molar-refractivity contribution in [2.75, 3.05) is 0 Å². The average Bonchev–Trinajstić information content (AvgIpc) is 2.73. The Morgan fingerprint density at radius 2 is 1.71 bits per heavy atom. The number of ether oxygens (including phenoxy) is 1. The summed E-state index contributed by atoms with van der Waals surface area (Å²) in [5.41, 5.74) is 0. The van der Waals surface area contributed by atoms with E-state index in [4.69, 9.17) is 9.84 Å². The van der Waals surface area contributed by atoms with Crippen LogP contribution in [0.15, 0.2) is 24.3 Å². The molecule has 0 aliphatic heterocycles. The molecule has 31 heavy (non-hydrogen) atoms. The highest BCUT2D eigenvalue weighted by Gasteiger charge is 2.32. The second-order valence-electron chi connectivity index (χ2n) is 8.94. The molecule has 178 valence electrons. The first-order chi connectivity index (χ1) is 14.9. The van der Waals surface area contributed by atoms with Crippen molar-refractivity contribution in [3.63, 3.8) is 0 Å². The number of carboxylic acids is 1. The molecule has 0 spiro atoms. The van der Waals surface area contributed by atoms with Gasteiger partial charge in [0.15, 0.2) is 0 Å². The van der Waals surface area contributed by atoms with Gasteiger partial charge in [-0.1, -0.05) is 82.6 Å². The van der Waals surface area contributed by atoms with E-state index in [0.717, 1.165) is 38.5 Å². The third kappa shape index (κ3) is 13.4. The molecule has 0 aromatic rings. The molecular weight excluding hydrogens is 392 g/mol. The molecule has 1 saturated carbocycles. The number of aliphatic carboxylic acids is 1. The summed E-state index contributed by atoms with van der Waals surface area (Å²) >= 11 is 0. The first kappa shape index (κ1) is 27.4. The van der Waals surface area contributed by atoms with Gasteiger partial charge in [-0.05, 0) is 38.0 Å².